The van der Waals surface area contributed by atoms with Crippen molar-refractivity contribution in [3.63, 3.8) is 0 Å². The van der Waals surface area contributed by atoms with Gasteiger partial charge in [0.1, 0.15) is 0 Å². The Kier molecular flexibility index (Phi) is 6.46. The van der Waals surface area contributed by atoms with Crippen molar-refractivity contribution in [2.24, 2.45) is 5.92 Å². The van der Waals surface area contributed by atoms with Crippen molar-refractivity contribution in [2.75, 3.05) is 13.7 Å². The van der Waals surface area contributed by atoms with Gasteiger partial charge in [-0.3, -0.25) is 4.79 Å². The molecule has 0 saturated heterocycles. The molecule has 0 bridgehead atoms. The molecule has 1 aromatic rings. The molecular formula is C13H17Cl2NO4S. The average molecular weight is 354 g/mol. The van der Waals surface area contributed by atoms with Crippen molar-refractivity contribution >= 4 is 37.2 Å². The van der Waals surface area contributed by atoms with Crippen LogP contribution in [-0.2, 0) is 13.8 Å². The minimum Gasteiger partial charge on any atom is -0.383 e. The van der Waals surface area contributed by atoms with Gasteiger partial charge in [-0.2, -0.15) is 0 Å². The summed E-state index contributed by atoms with van der Waals surface area (Å²) in [7, 11) is 2.86. The number of nitrogens with one attached hydrogen (secondary N) is 1. The van der Waals surface area contributed by atoms with Gasteiger partial charge >= 0.3 is 0 Å². The van der Waals surface area contributed by atoms with Crippen LogP contribution in [0.4, 0.5) is 0 Å². The first kappa shape index (κ1) is 18.2. The molecule has 1 aromatic carbocycles. The maximum Gasteiger partial charge on any atom is 0.261 e. The van der Waals surface area contributed by atoms with Gasteiger partial charge in [0, 0.05) is 28.4 Å². The summed E-state index contributed by atoms with van der Waals surface area (Å²) in [4.78, 5) is 12.0. The summed E-state index contributed by atoms with van der Waals surface area (Å²) in [6, 6.07) is 3.56. The van der Waals surface area contributed by atoms with Gasteiger partial charge in [0.05, 0.1) is 17.5 Å². The number of carbonyl (C=O) groups excluding carboxylic acids is 1. The fourth-order valence-corrected chi connectivity index (χ4v) is 2.77. The number of ether oxygens (including phenoxy) is 1. The largest absolute Gasteiger partial charge is 0.383 e. The second-order valence-electron chi connectivity index (χ2n) is 4.89. The quantitative estimate of drug-likeness (QED) is 0.798. The van der Waals surface area contributed by atoms with E-state index in [1.54, 1.807) is 7.11 Å². The van der Waals surface area contributed by atoms with E-state index in [2.05, 4.69) is 5.32 Å². The minimum absolute atomic E-state index is 0.120. The van der Waals surface area contributed by atoms with Crippen LogP contribution in [0.3, 0.4) is 0 Å². The van der Waals surface area contributed by atoms with Crippen LogP contribution in [0.5, 0.6) is 0 Å². The highest BCUT2D eigenvalue weighted by molar-refractivity contribution is 8.13. The summed E-state index contributed by atoms with van der Waals surface area (Å²) in [6.45, 7) is 4.23. The van der Waals surface area contributed by atoms with E-state index >= 15 is 0 Å². The number of amides is 1. The Morgan fingerprint density at radius 2 is 1.95 bits per heavy atom. The fraction of sp³-hybridized carbons (Fsp3) is 0.462. The standard InChI is InChI=1S/C13H17Cl2NO4S/c1-8(2)12(7-20-3)16-13(17)9-4-10(14)6-11(5-9)21(15,18)19/h4-6,8,12H,7H2,1-3H3,(H,16,17). The topological polar surface area (TPSA) is 72.5 Å². The van der Waals surface area contributed by atoms with E-state index < -0.39 is 15.0 Å². The highest BCUT2D eigenvalue weighted by atomic mass is 35.7. The third-order valence-corrected chi connectivity index (χ3v) is 4.43. The van der Waals surface area contributed by atoms with Crippen molar-refractivity contribution in [3.05, 3.63) is 28.8 Å². The number of benzene rings is 1. The Hall–Kier alpha value is -0.820. The molecule has 0 heterocycles. The van der Waals surface area contributed by atoms with Gasteiger partial charge in [-0.1, -0.05) is 25.4 Å². The van der Waals surface area contributed by atoms with Crippen molar-refractivity contribution in [1.82, 2.24) is 5.32 Å². The summed E-state index contributed by atoms with van der Waals surface area (Å²) in [5.41, 5.74) is 0.128. The molecule has 0 spiro atoms. The molecule has 1 N–H and O–H groups in total. The van der Waals surface area contributed by atoms with E-state index in [9.17, 15) is 13.2 Å². The van der Waals surface area contributed by atoms with Gasteiger partial charge in [-0.05, 0) is 24.1 Å². The second kappa shape index (κ2) is 7.45. The predicted molar refractivity (Wildman–Crippen MR) is 82.5 cm³/mol. The molecule has 0 fully saturated rings. The third-order valence-electron chi connectivity index (χ3n) is 2.88. The summed E-state index contributed by atoms with van der Waals surface area (Å²) in [6.07, 6.45) is 0. The molecule has 5 nitrogen and oxygen atoms in total. The normalized spacial score (nSPS) is 13.2. The van der Waals surface area contributed by atoms with Gasteiger partial charge < -0.3 is 10.1 Å². The molecule has 118 valence electrons. The summed E-state index contributed by atoms with van der Waals surface area (Å²) < 4.78 is 27.7. The number of hydrogen-bond acceptors (Lipinski definition) is 4. The van der Waals surface area contributed by atoms with E-state index in [-0.39, 0.29) is 27.4 Å². The molecule has 0 aliphatic carbocycles. The zero-order valence-corrected chi connectivity index (χ0v) is 14.2. The molecule has 0 aliphatic rings. The first-order valence-electron chi connectivity index (χ1n) is 6.20. The lowest BCUT2D eigenvalue weighted by molar-refractivity contribution is 0.0866. The van der Waals surface area contributed by atoms with Gasteiger partial charge in [-0.15, -0.1) is 0 Å². The number of rotatable bonds is 6. The Morgan fingerprint density at radius 1 is 1.33 bits per heavy atom. The average Bonchev–Trinajstić information content (AvgIpc) is 2.36. The van der Waals surface area contributed by atoms with Gasteiger partial charge in [0.25, 0.3) is 15.0 Å². The monoisotopic (exact) mass is 353 g/mol. The van der Waals surface area contributed by atoms with Crippen LogP contribution < -0.4 is 5.32 Å². The molecule has 1 amide bonds. The van der Waals surface area contributed by atoms with Crippen LogP contribution in [-0.4, -0.2) is 34.1 Å². The molecular weight excluding hydrogens is 337 g/mol. The Balaban J connectivity index is 3.05. The first-order chi connectivity index (χ1) is 9.65. The number of hydrogen-bond donors (Lipinski definition) is 1. The van der Waals surface area contributed by atoms with Crippen LogP contribution >= 0.6 is 22.3 Å². The number of methoxy groups -OCH3 is 1. The lowest BCUT2D eigenvalue weighted by Gasteiger charge is -2.21. The molecule has 0 saturated carbocycles. The van der Waals surface area contributed by atoms with E-state index in [1.165, 1.54) is 18.2 Å². The molecule has 1 rings (SSSR count). The molecule has 0 radical (unpaired) electrons. The number of halogens is 2. The van der Waals surface area contributed by atoms with Crippen LogP contribution in [0.25, 0.3) is 0 Å². The Labute approximate surface area is 134 Å². The summed E-state index contributed by atoms with van der Waals surface area (Å²) in [5.74, 6) is -0.279. The van der Waals surface area contributed by atoms with E-state index in [4.69, 9.17) is 27.0 Å². The lowest BCUT2D eigenvalue weighted by atomic mass is 10.0. The zero-order chi connectivity index (χ0) is 16.2. The van der Waals surface area contributed by atoms with Crippen LogP contribution in [0.2, 0.25) is 5.02 Å². The minimum atomic E-state index is -3.95. The van der Waals surface area contributed by atoms with Crippen molar-refractivity contribution < 1.29 is 17.9 Å². The van der Waals surface area contributed by atoms with E-state index in [0.29, 0.717) is 6.61 Å². The summed E-state index contributed by atoms with van der Waals surface area (Å²) in [5, 5.41) is 2.90. The summed E-state index contributed by atoms with van der Waals surface area (Å²) >= 11 is 5.83. The van der Waals surface area contributed by atoms with Gasteiger partial charge in [-0.25, -0.2) is 8.42 Å². The van der Waals surface area contributed by atoms with Gasteiger partial charge in [0.2, 0.25) is 0 Å². The zero-order valence-electron chi connectivity index (χ0n) is 11.9. The van der Waals surface area contributed by atoms with Crippen molar-refractivity contribution in [2.45, 2.75) is 24.8 Å². The third kappa shape index (κ3) is 5.47. The molecule has 0 aliphatic heterocycles. The maximum atomic E-state index is 12.2. The molecule has 1 atom stereocenters. The van der Waals surface area contributed by atoms with Crippen LogP contribution in [0, 0.1) is 5.92 Å². The Morgan fingerprint density at radius 3 is 2.43 bits per heavy atom. The molecule has 0 aromatic heterocycles. The molecule has 8 heteroatoms. The first-order valence-corrected chi connectivity index (χ1v) is 8.89. The van der Waals surface area contributed by atoms with Crippen molar-refractivity contribution in [3.8, 4) is 0 Å². The van der Waals surface area contributed by atoms with Crippen LogP contribution in [0.1, 0.15) is 24.2 Å². The van der Waals surface area contributed by atoms with Crippen molar-refractivity contribution in [1.29, 1.82) is 0 Å². The molecule has 1 unspecified atom stereocenters. The van der Waals surface area contributed by atoms with E-state index in [0.717, 1.165) is 0 Å². The van der Waals surface area contributed by atoms with E-state index in [1.807, 2.05) is 13.8 Å². The highest BCUT2D eigenvalue weighted by Crippen LogP contribution is 2.22. The van der Waals surface area contributed by atoms with Crippen LogP contribution in [0.15, 0.2) is 23.1 Å². The maximum absolute atomic E-state index is 12.2. The van der Waals surface area contributed by atoms with Gasteiger partial charge in [0.15, 0.2) is 0 Å². The fourth-order valence-electron chi connectivity index (χ4n) is 1.67. The second-order valence-corrected chi connectivity index (χ2v) is 7.90. The number of carbonyl (C=O) groups is 1. The SMILES string of the molecule is COCC(NC(=O)c1cc(Cl)cc(S(=O)(=O)Cl)c1)C(C)C. The predicted octanol–water partition coefficient (Wildman–Crippen LogP) is 2.67. The lowest BCUT2D eigenvalue weighted by Crippen LogP contribution is -2.41. The smallest absolute Gasteiger partial charge is 0.261 e. The molecule has 21 heavy (non-hydrogen) atoms. The Bertz CT molecular complexity index is 617. The highest BCUT2D eigenvalue weighted by Gasteiger charge is 2.19.